The molecular formula is C11H16ClNO. The summed E-state index contributed by atoms with van der Waals surface area (Å²) in [6.07, 6.45) is 0. The standard InChI is InChI=1S/C11H16ClNO/c1-6(2)8-5-11(14)9(7(3)13)4-10(8)12/h4-7,14H,13H2,1-3H3. The van der Waals surface area contributed by atoms with E-state index in [1.54, 1.807) is 12.1 Å². The number of hydrogen-bond acceptors (Lipinski definition) is 2. The Bertz CT molecular complexity index is 301. The van der Waals surface area contributed by atoms with Crippen LogP contribution in [0.15, 0.2) is 12.1 Å². The molecule has 1 atom stereocenters. The van der Waals surface area contributed by atoms with Crippen LogP contribution in [0, 0.1) is 0 Å². The summed E-state index contributed by atoms with van der Waals surface area (Å²) >= 11 is 6.07. The van der Waals surface area contributed by atoms with E-state index in [-0.39, 0.29) is 11.8 Å². The molecule has 0 aromatic heterocycles. The normalized spacial score (nSPS) is 13.3. The van der Waals surface area contributed by atoms with Gasteiger partial charge in [0.15, 0.2) is 0 Å². The predicted octanol–water partition coefficient (Wildman–Crippen LogP) is 3.19. The molecule has 0 saturated carbocycles. The van der Waals surface area contributed by atoms with E-state index >= 15 is 0 Å². The van der Waals surface area contributed by atoms with Crippen molar-refractivity contribution >= 4 is 11.6 Å². The van der Waals surface area contributed by atoms with Gasteiger partial charge in [-0.2, -0.15) is 0 Å². The Morgan fingerprint density at radius 1 is 1.21 bits per heavy atom. The molecule has 1 aromatic carbocycles. The lowest BCUT2D eigenvalue weighted by atomic mass is 9.98. The van der Waals surface area contributed by atoms with Crippen molar-refractivity contribution in [1.29, 1.82) is 0 Å². The molecule has 1 aromatic rings. The molecule has 0 amide bonds. The van der Waals surface area contributed by atoms with Gasteiger partial charge in [-0.3, -0.25) is 0 Å². The second kappa shape index (κ2) is 4.20. The number of rotatable bonds is 2. The van der Waals surface area contributed by atoms with E-state index in [0.29, 0.717) is 16.5 Å². The van der Waals surface area contributed by atoms with E-state index in [1.165, 1.54) is 0 Å². The van der Waals surface area contributed by atoms with Crippen LogP contribution < -0.4 is 5.73 Å². The fourth-order valence-corrected chi connectivity index (χ4v) is 1.79. The maximum Gasteiger partial charge on any atom is 0.120 e. The Balaban J connectivity index is 3.24. The van der Waals surface area contributed by atoms with E-state index in [1.807, 2.05) is 20.8 Å². The number of nitrogens with two attached hydrogens (primary N) is 1. The van der Waals surface area contributed by atoms with Gasteiger partial charge in [0.25, 0.3) is 0 Å². The van der Waals surface area contributed by atoms with E-state index in [0.717, 1.165) is 5.56 Å². The summed E-state index contributed by atoms with van der Waals surface area (Å²) in [6.45, 7) is 5.89. The number of benzene rings is 1. The van der Waals surface area contributed by atoms with Gasteiger partial charge in [-0.05, 0) is 30.5 Å². The maximum atomic E-state index is 9.70. The van der Waals surface area contributed by atoms with Crippen molar-refractivity contribution in [3.63, 3.8) is 0 Å². The lowest BCUT2D eigenvalue weighted by Crippen LogP contribution is -2.06. The van der Waals surface area contributed by atoms with Crippen LogP contribution >= 0.6 is 11.6 Å². The lowest BCUT2D eigenvalue weighted by Gasteiger charge is -2.14. The fraction of sp³-hybridized carbons (Fsp3) is 0.455. The van der Waals surface area contributed by atoms with Crippen LogP contribution in [0.25, 0.3) is 0 Å². The first-order valence-corrected chi connectivity index (χ1v) is 5.09. The number of halogens is 1. The minimum atomic E-state index is -0.200. The lowest BCUT2D eigenvalue weighted by molar-refractivity contribution is 0.462. The molecule has 0 aliphatic rings. The number of phenolic OH excluding ortho intramolecular Hbond substituents is 1. The van der Waals surface area contributed by atoms with E-state index in [9.17, 15) is 5.11 Å². The summed E-state index contributed by atoms with van der Waals surface area (Å²) < 4.78 is 0. The number of aromatic hydroxyl groups is 1. The van der Waals surface area contributed by atoms with Gasteiger partial charge in [0.05, 0.1) is 0 Å². The van der Waals surface area contributed by atoms with Gasteiger partial charge in [-0.1, -0.05) is 25.4 Å². The first-order chi connectivity index (χ1) is 6.43. The van der Waals surface area contributed by atoms with Crippen molar-refractivity contribution in [2.45, 2.75) is 32.7 Å². The molecule has 1 rings (SSSR count). The van der Waals surface area contributed by atoms with E-state index in [2.05, 4.69) is 0 Å². The van der Waals surface area contributed by atoms with Gasteiger partial charge in [0.2, 0.25) is 0 Å². The highest BCUT2D eigenvalue weighted by Crippen LogP contribution is 2.33. The minimum absolute atomic E-state index is 0.200. The zero-order valence-corrected chi connectivity index (χ0v) is 9.47. The van der Waals surface area contributed by atoms with Crippen LogP contribution in [0.5, 0.6) is 5.75 Å². The van der Waals surface area contributed by atoms with Crippen LogP contribution in [0.1, 0.15) is 43.9 Å². The molecule has 0 heterocycles. The van der Waals surface area contributed by atoms with E-state index in [4.69, 9.17) is 17.3 Å². The predicted molar refractivity (Wildman–Crippen MR) is 59.8 cm³/mol. The highest BCUT2D eigenvalue weighted by atomic mass is 35.5. The Morgan fingerprint density at radius 3 is 2.21 bits per heavy atom. The Hall–Kier alpha value is -0.730. The summed E-state index contributed by atoms with van der Waals surface area (Å²) in [5.41, 5.74) is 7.34. The average Bonchev–Trinajstić information content (AvgIpc) is 2.07. The Labute approximate surface area is 89.7 Å². The number of hydrogen-bond donors (Lipinski definition) is 2. The third-order valence-corrected chi connectivity index (χ3v) is 2.59. The van der Waals surface area contributed by atoms with Crippen molar-refractivity contribution < 1.29 is 5.11 Å². The third kappa shape index (κ3) is 2.20. The highest BCUT2D eigenvalue weighted by Gasteiger charge is 2.12. The molecule has 0 saturated heterocycles. The zero-order valence-electron chi connectivity index (χ0n) is 8.71. The molecule has 14 heavy (non-hydrogen) atoms. The molecule has 0 bridgehead atoms. The van der Waals surface area contributed by atoms with Crippen molar-refractivity contribution in [3.05, 3.63) is 28.3 Å². The van der Waals surface area contributed by atoms with Gasteiger partial charge in [0, 0.05) is 16.6 Å². The van der Waals surface area contributed by atoms with Crippen LogP contribution in [0.3, 0.4) is 0 Å². The third-order valence-electron chi connectivity index (χ3n) is 2.26. The SMILES string of the molecule is CC(C)c1cc(O)c(C(C)N)cc1Cl. The van der Waals surface area contributed by atoms with Crippen LogP contribution in [0.2, 0.25) is 5.02 Å². The molecule has 0 aliphatic heterocycles. The summed E-state index contributed by atoms with van der Waals surface area (Å²) in [4.78, 5) is 0. The first kappa shape index (κ1) is 11.3. The van der Waals surface area contributed by atoms with E-state index < -0.39 is 0 Å². The Kier molecular flexibility index (Phi) is 3.40. The molecule has 1 unspecified atom stereocenters. The monoisotopic (exact) mass is 213 g/mol. The van der Waals surface area contributed by atoms with Crippen molar-refractivity contribution in [2.24, 2.45) is 5.73 Å². The first-order valence-electron chi connectivity index (χ1n) is 4.71. The largest absolute Gasteiger partial charge is 0.508 e. The highest BCUT2D eigenvalue weighted by molar-refractivity contribution is 6.31. The van der Waals surface area contributed by atoms with Crippen molar-refractivity contribution in [2.75, 3.05) is 0 Å². The smallest absolute Gasteiger partial charge is 0.120 e. The van der Waals surface area contributed by atoms with Crippen LogP contribution in [-0.2, 0) is 0 Å². The van der Waals surface area contributed by atoms with Gasteiger partial charge in [0.1, 0.15) is 5.75 Å². The van der Waals surface area contributed by atoms with Crippen LogP contribution in [0.4, 0.5) is 0 Å². The summed E-state index contributed by atoms with van der Waals surface area (Å²) in [5, 5.41) is 10.4. The molecule has 0 aliphatic carbocycles. The number of phenols is 1. The second-order valence-electron chi connectivity index (χ2n) is 3.88. The molecule has 0 radical (unpaired) electrons. The topological polar surface area (TPSA) is 46.2 Å². The van der Waals surface area contributed by atoms with Crippen LogP contribution in [-0.4, -0.2) is 5.11 Å². The van der Waals surface area contributed by atoms with Gasteiger partial charge in [-0.25, -0.2) is 0 Å². The van der Waals surface area contributed by atoms with Gasteiger partial charge < -0.3 is 10.8 Å². The fourth-order valence-electron chi connectivity index (χ4n) is 1.40. The summed E-state index contributed by atoms with van der Waals surface area (Å²) in [5.74, 6) is 0.531. The van der Waals surface area contributed by atoms with Gasteiger partial charge >= 0.3 is 0 Å². The molecular weight excluding hydrogens is 198 g/mol. The molecule has 3 N–H and O–H groups in total. The molecule has 0 fully saturated rings. The molecule has 3 heteroatoms. The van der Waals surface area contributed by atoms with Crippen molar-refractivity contribution in [3.8, 4) is 5.75 Å². The van der Waals surface area contributed by atoms with Crippen molar-refractivity contribution in [1.82, 2.24) is 0 Å². The summed E-state index contributed by atoms with van der Waals surface area (Å²) in [6, 6.07) is 3.25. The van der Waals surface area contributed by atoms with Gasteiger partial charge in [-0.15, -0.1) is 0 Å². The quantitative estimate of drug-likeness (QED) is 0.793. The zero-order chi connectivity index (χ0) is 10.9. The minimum Gasteiger partial charge on any atom is -0.508 e. The molecule has 2 nitrogen and oxygen atoms in total. The average molecular weight is 214 g/mol. The second-order valence-corrected chi connectivity index (χ2v) is 4.28. The molecule has 78 valence electrons. The Morgan fingerprint density at radius 2 is 1.79 bits per heavy atom. The molecule has 0 spiro atoms. The summed E-state index contributed by atoms with van der Waals surface area (Å²) in [7, 11) is 0. The maximum absolute atomic E-state index is 9.70.